The highest BCUT2D eigenvalue weighted by atomic mass is 16.4. The lowest BCUT2D eigenvalue weighted by Gasteiger charge is -2.25. The molecule has 2 N–H and O–H groups in total. The number of rotatable bonds is 4. The molecule has 0 radical (unpaired) electrons. The third-order valence-electron chi connectivity index (χ3n) is 2.58. The number of aliphatic carboxylic acids is 2. The van der Waals surface area contributed by atoms with Crippen LogP contribution in [0.4, 0.5) is 0 Å². The molecular formula is C10H14O4. The molecule has 0 aromatic rings. The van der Waals surface area contributed by atoms with E-state index in [1.807, 2.05) is 12.2 Å². The molecule has 1 rings (SSSR count). The molecule has 4 heteroatoms. The third-order valence-corrected chi connectivity index (χ3v) is 2.58. The largest absolute Gasteiger partial charge is 0.481 e. The molecule has 4 nitrogen and oxygen atoms in total. The summed E-state index contributed by atoms with van der Waals surface area (Å²) in [6, 6.07) is 0. The van der Waals surface area contributed by atoms with Crippen LogP contribution >= 0.6 is 0 Å². The Balaban J connectivity index is 2.55. The van der Waals surface area contributed by atoms with Crippen LogP contribution in [0.25, 0.3) is 0 Å². The first-order valence-electron chi connectivity index (χ1n) is 4.68. The van der Waals surface area contributed by atoms with Crippen LogP contribution in [0.15, 0.2) is 12.2 Å². The molecular weight excluding hydrogens is 184 g/mol. The minimum Gasteiger partial charge on any atom is -0.481 e. The first kappa shape index (κ1) is 10.8. The van der Waals surface area contributed by atoms with Crippen molar-refractivity contribution < 1.29 is 19.8 Å². The van der Waals surface area contributed by atoms with Crippen molar-refractivity contribution in [3.8, 4) is 0 Å². The quantitative estimate of drug-likeness (QED) is 0.671. The van der Waals surface area contributed by atoms with E-state index in [-0.39, 0.29) is 24.7 Å². The smallest absolute Gasteiger partial charge is 0.303 e. The zero-order valence-electron chi connectivity index (χ0n) is 7.85. The number of hydrogen-bond donors (Lipinski definition) is 2. The summed E-state index contributed by atoms with van der Waals surface area (Å²) in [5.74, 6) is -1.73. The average Bonchev–Trinajstić information content (AvgIpc) is 2.06. The Hall–Kier alpha value is -1.32. The summed E-state index contributed by atoms with van der Waals surface area (Å²) in [6.07, 6.45) is 5.39. The van der Waals surface area contributed by atoms with Crippen molar-refractivity contribution in [1.29, 1.82) is 0 Å². The van der Waals surface area contributed by atoms with Crippen molar-refractivity contribution in [3.05, 3.63) is 12.2 Å². The van der Waals surface area contributed by atoms with Crippen LogP contribution < -0.4 is 0 Å². The lowest BCUT2D eigenvalue weighted by Crippen LogP contribution is -2.22. The molecule has 1 aliphatic rings. The molecule has 0 fully saturated rings. The molecule has 0 unspecified atom stereocenters. The maximum absolute atomic E-state index is 10.5. The first-order valence-corrected chi connectivity index (χ1v) is 4.68. The lowest BCUT2D eigenvalue weighted by molar-refractivity contribution is -0.142. The number of hydrogen-bond acceptors (Lipinski definition) is 2. The highest BCUT2D eigenvalue weighted by Gasteiger charge is 2.26. The number of carboxylic acids is 2. The molecule has 14 heavy (non-hydrogen) atoms. The summed E-state index contributed by atoms with van der Waals surface area (Å²) in [5.41, 5.74) is 0. The minimum atomic E-state index is -0.847. The van der Waals surface area contributed by atoms with Crippen LogP contribution in [0.3, 0.4) is 0 Å². The van der Waals surface area contributed by atoms with Gasteiger partial charge in [-0.05, 0) is 24.7 Å². The molecule has 78 valence electrons. The summed E-state index contributed by atoms with van der Waals surface area (Å²) >= 11 is 0. The van der Waals surface area contributed by atoms with Crippen LogP contribution in [-0.2, 0) is 9.59 Å². The SMILES string of the molecule is O=C(O)C[C@H]1CC=CC[C@H]1CC(=O)O. The maximum atomic E-state index is 10.5. The van der Waals surface area contributed by atoms with Gasteiger partial charge in [-0.15, -0.1) is 0 Å². The van der Waals surface area contributed by atoms with E-state index in [2.05, 4.69) is 0 Å². The van der Waals surface area contributed by atoms with Gasteiger partial charge in [0.2, 0.25) is 0 Å². The van der Waals surface area contributed by atoms with E-state index in [0.29, 0.717) is 12.8 Å². The van der Waals surface area contributed by atoms with Crippen LogP contribution in [0.2, 0.25) is 0 Å². The summed E-state index contributed by atoms with van der Waals surface area (Å²) in [6.45, 7) is 0. The van der Waals surface area contributed by atoms with Gasteiger partial charge in [-0.1, -0.05) is 12.2 Å². The topological polar surface area (TPSA) is 74.6 Å². The Bertz CT molecular complexity index is 231. The second-order valence-electron chi connectivity index (χ2n) is 3.66. The molecule has 2 atom stereocenters. The summed E-state index contributed by atoms with van der Waals surface area (Å²) < 4.78 is 0. The molecule has 0 aromatic carbocycles. The second kappa shape index (κ2) is 4.79. The maximum Gasteiger partial charge on any atom is 0.303 e. The van der Waals surface area contributed by atoms with Crippen molar-refractivity contribution >= 4 is 11.9 Å². The van der Waals surface area contributed by atoms with E-state index in [1.54, 1.807) is 0 Å². The van der Waals surface area contributed by atoms with Gasteiger partial charge in [-0.2, -0.15) is 0 Å². The number of carboxylic acid groups (broad SMARTS) is 2. The van der Waals surface area contributed by atoms with Gasteiger partial charge >= 0.3 is 11.9 Å². The molecule has 0 aliphatic heterocycles. The van der Waals surface area contributed by atoms with Crippen LogP contribution in [0, 0.1) is 11.8 Å². The molecule has 0 saturated carbocycles. The van der Waals surface area contributed by atoms with E-state index >= 15 is 0 Å². The highest BCUT2D eigenvalue weighted by molar-refractivity contribution is 5.68. The normalized spacial score (nSPS) is 26.0. The lowest BCUT2D eigenvalue weighted by atomic mass is 9.79. The van der Waals surface area contributed by atoms with Gasteiger partial charge in [-0.25, -0.2) is 0 Å². The van der Waals surface area contributed by atoms with Crippen LogP contribution in [-0.4, -0.2) is 22.2 Å². The van der Waals surface area contributed by atoms with Crippen molar-refractivity contribution in [2.45, 2.75) is 25.7 Å². The van der Waals surface area contributed by atoms with Gasteiger partial charge in [0.05, 0.1) is 0 Å². The Labute approximate surface area is 82.2 Å². The predicted octanol–water partition coefficient (Wildman–Crippen LogP) is 1.52. The van der Waals surface area contributed by atoms with Gasteiger partial charge in [0.25, 0.3) is 0 Å². The molecule has 0 spiro atoms. The van der Waals surface area contributed by atoms with E-state index in [0.717, 1.165) is 0 Å². The monoisotopic (exact) mass is 198 g/mol. The Morgan fingerprint density at radius 3 is 1.64 bits per heavy atom. The fourth-order valence-corrected chi connectivity index (χ4v) is 1.88. The second-order valence-corrected chi connectivity index (χ2v) is 3.66. The van der Waals surface area contributed by atoms with Gasteiger partial charge in [0.1, 0.15) is 0 Å². The summed E-state index contributed by atoms with van der Waals surface area (Å²) in [4.78, 5) is 21.1. The van der Waals surface area contributed by atoms with Gasteiger partial charge < -0.3 is 10.2 Å². The third kappa shape index (κ3) is 3.20. The van der Waals surface area contributed by atoms with Gasteiger partial charge in [0.15, 0.2) is 0 Å². The Morgan fingerprint density at radius 1 is 1.00 bits per heavy atom. The Kier molecular flexibility index (Phi) is 3.68. The van der Waals surface area contributed by atoms with Gasteiger partial charge in [-0.3, -0.25) is 9.59 Å². The summed E-state index contributed by atoms with van der Waals surface area (Å²) in [5, 5.41) is 17.3. The first-order chi connectivity index (χ1) is 6.59. The Morgan fingerprint density at radius 2 is 1.36 bits per heavy atom. The van der Waals surface area contributed by atoms with Crippen LogP contribution in [0.5, 0.6) is 0 Å². The van der Waals surface area contributed by atoms with E-state index in [1.165, 1.54) is 0 Å². The summed E-state index contributed by atoms with van der Waals surface area (Å²) in [7, 11) is 0. The molecule has 0 aromatic heterocycles. The number of carbonyl (C=O) groups is 2. The van der Waals surface area contributed by atoms with Crippen molar-refractivity contribution in [2.24, 2.45) is 11.8 Å². The molecule has 0 heterocycles. The van der Waals surface area contributed by atoms with Gasteiger partial charge in [0, 0.05) is 12.8 Å². The van der Waals surface area contributed by atoms with E-state index in [9.17, 15) is 9.59 Å². The molecule has 1 aliphatic carbocycles. The zero-order chi connectivity index (χ0) is 10.6. The van der Waals surface area contributed by atoms with Crippen molar-refractivity contribution in [1.82, 2.24) is 0 Å². The van der Waals surface area contributed by atoms with E-state index in [4.69, 9.17) is 10.2 Å². The minimum absolute atomic E-state index is 0.0198. The van der Waals surface area contributed by atoms with Crippen molar-refractivity contribution in [2.75, 3.05) is 0 Å². The molecule has 0 saturated heterocycles. The average molecular weight is 198 g/mol. The molecule has 0 bridgehead atoms. The fraction of sp³-hybridized carbons (Fsp3) is 0.600. The predicted molar refractivity (Wildman–Crippen MR) is 49.9 cm³/mol. The van der Waals surface area contributed by atoms with E-state index < -0.39 is 11.9 Å². The zero-order valence-corrected chi connectivity index (χ0v) is 7.85. The molecule has 0 amide bonds. The van der Waals surface area contributed by atoms with Crippen LogP contribution in [0.1, 0.15) is 25.7 Å². The standard InChI is InChI=1S/C10H14O4/c11-9(12)5-7-3-1-2-4-8(7)6-10(13)14/h1-2,7-8H,3-6H2,(H,11,12)(H,13,14)/t7-,8+. The van der Waals surface area contributed by atoms with Crippen molar-refractivity contribution in [3.63, 3.8) is 0 Å². The number of allylic oxidation sites excluding steroid dienone is 2. The fourth-order valence-electron chi connectivity index (χ4n) is 1.88. The highest BCUT2D eigenvalue weighted by Crippen LogP contribution is 2.30.